The van der Waals surface area contributed by atoms with Crippen LogP contribution in [0.25, 0.3) is 0 Å². The molecule has 0 amide bonds. The average Bonchev–Trinajstić information content (AvgIpc) is 2.82. The molecule has 1 saturated heterocycles. The van der Waals surface area contributed by atoms with Gasteiger partial charge in [-0.25, -0.2) is 18.2 Å². The molecule has 2 heterocycles. The highest BCUT2D eigenvalue weighted by molar-refractivity contribution is 8.00. The monoisotopic (exact) mass is 322 g/mol. The lowest BCUT2D eigenvalue weighted by Gasteiger charge is -2.35. The van der Waals surface area contributed by atoms with Crippen LogP contribution in [-0.4, -0.2) is 52.4 Å². The zero-order chi connectivity index (χ0) is 14.2. The van der Waals surface area contributed by atoms with Gasteiger partial charge in [-0.1, -0.05) is 6.92 Å². The summed E-state index contributed by atoms with van der Waals surface area (Å²) in [6, 6.07) is -0.160. The second-order valence-electron chi connectivity index (χ2n) is 4.23. The molecule has 9 heteroatoms. The molecule has 106 valence electrons. The fourth-order valence-corrected chi connectivity index (χ4v) is 6.16. The number of carbonyl (C=O) groups is 1. The topological polar surface area (TPSA) is 87.6 Å². The first-order chi connectivity index (χ1) is 8.85. The molecular weight excluding hydrogens is 308 g/mol. The molecule has 1 aromatic rings. The number of carboxylic acids is 1. The summed E-state index contributed by atoms with van der Waals surface area (Å²) in [5.41, 5.74) is 0.867. The molecular formula is C10H14N2O4S3. The minimum Gasteiger partial charge on any atom is -0.476 e. The zero-order valence-electron chi connectivity index (χ0n) is 10.4. The Bertz CT molecular complexity index is 583. The van der Waals surface area contributed by atoms with Crippen LogP contribution in [0, 0.1) is 0 Å². The van der Waals surface area contributed by atoms with Crippen molar-refractivity contribution in [3.05, 3.63) is 11.2 Å². The fraction of sp³-hybridized carbons (Fsp3) is 0.600. The van der Waals surface area contributed by atoms with Gasteiger partial charge in [0, 0.05) is 23.6 Å². The SMILES string of the molecule is CC1SCCN(S(=O)(=O)c2scnc2C(=O)O)C1C. The first-order valence-electron chi connectivity index (χ1n) is 5.66. The molecule has 6 nitrogen and oxygen atoms in total. The average molecular weight is 322 g/mol. The lowest BCUT2D eigenvalue weighted by atomic mass is 10.2. The van der Waals surface area contributed by atoms with Gasteiger partial charge in [-0.15, -0.1) is 11.3 Å². The summed E-state index contributed by atoms with van der Waals surface area (Å²) in [5.74, 6) is -0.599. The first-order valence-corrected chi connectivity index (χ1v) is 9.02. The quantitative estimate of drug-likeness (QED) is 0.904. The molecule has 0 saturated carbocycles. The molecule has 0 radical (unpaired) electrons. The molecule has 0 aromatic carbocycles. The predicted octanol–water partition coefficient (Wildman–Crippen LogP) is 1.36. The van der Waals surface area contributed by atoms with Crippen molar-refractivity contribution in [2.75, 3.05) is 12.3 Å². The molecule has 2 rings (SSSR count). The van der Waals surface area contributed by atoms with E-state index in [1.54, 1.807) is 11.8 Å². The predicted molar refractivity (Wildman–Crippen MR) is 74.3 cm³/mol. The van der Waals surface area contributed by atoms with Crippen LogP contribution in [0.3, 0.4) is 0 Å². The number of hydrogen-bond donors (Lipinski definition) is 1. The van der Waals surface area contributed by atoms with Crippen molar-refractivity contribution in [1.82, 2.24) is 9.29 Å². The zero-order valence-corrected chi connectivity index (χ0v) is 12.9. The van der Waals surface area contributed by atoms with E-state index in [-0.39, 0.29) is 21.2 Å². The third-order valence-corrected chi connectivity index (χ3v) is 7.78. The molecule has 1 fully saturated rings. The number of rotatable bonds is 3. The summed E-state index contributed by atoms with van der Waals surface area (Å²) in [4.78, 5) is 14.6. The molecule has 19 heavy (non-hydrogen) atoms. The normalized spacial score (nSPS) is 25.4. The van der Waals surface area contributed by atoms with Crippen LogP contribution < -0.4 is 0 Å². The maximum Gasteiger partial charge on any atom is 0.356 e. The second kappa shape index (κ2) is 5.39. The third-order valence-electron chi connectivity index (χ3n) is 3.11. The number of carboxylic acid groups (broad SMARTS) is 1. The van der Waals surface area contributed by atoms with E-state index in [4.69, 9.17) is 5.11 Å². The van der Waals surface area contributed by atoms with Crippen molar-refractivity contribution in [3.63, 3.8) is 0 Å². The van der Waals surface area contributed by atoms with Crippen molar-refractivity contribution in [2.24, 2.45) is 0 Å². The van der Waals surface area contributed by atoms with Gasteiger partial charge in [0.25, 0.3) is 10.0 Å². The molecule has 2 atom stereocenters. The number of aromatic carboxylic acids is 1. The van der Waals surface area contributed by atoms with E-state index in [2.05, 4.69) is 4.98 Å². The number of hydrogen-bond acceptors (Lipinski definition) is 6. The van der Waals surface area contributed by atoms with E-state index in [1.807, 2.05) is 13.8 Å². The molecule has 0 bridgehead atoms. The van der Waals surface area contributed by atoms with Gasteiger partial charge in [-0.3, -0.25) is 0 Å². The van der Waals surface area contributed by atoms with Gasteiger partial charge in [0.2, 0.25) is 0 Å². The van der Waals surface area contributed by atoms with Crippen molar-refractivity contribution in [3.8, 4) is 0 Å². The number of nitrogens with zero attached hydrogens (tertiary/aromatic N) is 2. The van der Waals surface area contributed by atoms with Crippen LogP contribution in [0.2, 0.25) is 0 Å². The van der Waals surface area contributed by atoms with Crippen LogP contribution in [0.4, 0.5) is 0 Å². The summed E-state index contributed by atoms with van der Waals surface area (Å²) in [6.45, 7) is 4.22. The maximum absolute atomic E-state index is 12.6. The minimum absolute atomic E-state index is 0.160. The molecule has 1 aliphatic rings. The summed E-state index contributed by atoms with van der Waals surface area (Å²) in [5, 5.41) is 9.18. The summed E-state index contributed by atoms with van der Waals surface area (Å²) < 4.78 is 26.3. The Morgan fingerprint density at radius 1 is 1.53 bits per heavy atom. The lowest BCUT2D eigenvalue weighted by molar-refractivity contribution is 0.0687. The van der Waals surface area contributed by atoms with Gasteiger partial charge >= 0.3 is 5.97 Å². The summed E-state index contributed by atoms with van der Waals surface area (Å²) >= 11 is 2.57. The Morgan fingerprint density at radius 2 is 2.21 bits per heavy atom. The highest BCUT2D eigenvalue weighted by Gasteiger charge is 2.38. The number of thiazole rings is 1. The fourth-order valence-electron chi connectivity index (χ4n) is 1.91. The Hall–Kier alpha value is -0.640. The van der Waals surface area contributed by atoms with Gasteiger partial charge in [0.05, 0.1) is 5.51 Å². The largest absolute Gasteiger partial charge is 0.476 e. The Balaban J connectivity index is 2.42. The van der Waals surface area contributed by atoms with E-state index in [0.717, 1.165) is 11.3 Å². The molecule has 1 N–H and O–H groups in total. The van der Waals surface area contributed by atoms with Crippen molar-refractivity contribution in [2.45, 2.75) is 29.3 Å². The van der Waals surface area contributed by atoms with Crippen molar-refractivity contribution in [1.29, 1.82) is 0 Å². The Labute approximate surface area is 119 Å². The van der Waals surface area contributed by atoms with Gasteiger partial charge in [0.1, 0.15) is 0 Å². The smallest absolute Gasteiger partial charge is 0.356 e. The van der Waals surface area contributed by atoms with E-state index in [9.17, 15) is 13.2 Å². The molecule has 0 spiro atoms. The molecule has 0 aliphatic carbocycles. The number of sulfonamides is 1. The van der Waals surface area contributed by atoms with Crippen molar-refractivity contribution < 1.29 is 18.3 Å². The summed E-state index contributed by atoms with van der Waals surface area (Å²) in [7, 11) is -3.78. The summed E-state index contributed by atoms with van der Waals surface area (Å²) in [6.07, 6.45) is 0. The first kappa shape index (κ1) is 14.8. The number of aromatic nitrogens is 1. The van der Waals surface area contributed by atoms with E-state index < -0.39 is 16.0 Å². The Morgan fingerprint density at radius 3 is 2.84 bits per heavy atom. The molecule has 1 aliphatic heterocycles. The van der Waals surface area contributed by atoms with Gasteiger partial charge in [0.15, 0.2) is 9.90 Å². The highest BCUT2D eigenvalue weighted by atomic mass is 32.2. The van der Waals surface area contributed by atoms with Gasteiger partial charge < -0.3 is 5.11 Å². The van der Waals surface area contributed by atoms with Crippen LogP contribution in [0.15, 0.2) is 9.72 Å². The number of thioether (sulfide) groups is 1. The highest BCUT2D eigenvalue weighted by Crippen LogP contribution is 2.32. The van der Waals surface area contributed by atoms with Gasteiger partial charge in [-0.05, 0) is 6.92 Å². The van der Waals surface area contributed by atoms with Gasteiger partial charge in [-0.2, -0.15) is 16.1 Å². The molecule has 2 unspecified atom stereocenters. The van der Waals surface area contributed by atoms with Crippen LogP contribution in [0.1, 0.15) is 24.3 Å². The third kappa shape index (κ3) is 2.64. The minimum atomic E-state index is -3.78. The van der Waals surface area contributed by atoms with Crippen LogP contribution >= 0.6 is 23.1 Å². The maximum atomic E-state index is 12.6. The van der Waals surface area contributed by atoms with Crippen LogP contribution in [-0.2, 0) is 10.0 Å². The second-order valence-corrected chi connectivity index (χ2v) is 8.65. The van der Waals surface area contributed by atoms with E-state index in [0.29, 0.717) is 12.3 Å². The molecule has 1 aromatic heterocycles. The standard InChI is InChI=1S/C10H14N2O4S3/c1-6-7(2)17-4-3-12(6)19(15,16)10-8(9(13)14)11-5-18-10/h5-7H,3-4H2,1-2H3,(H,13,14). The van der Waals surface area contributed by atoms with E-state index >= 15 is 0 Å². The van der Waals surface area contributed by atoms with Crippen molar-refractivity contribution >= 4 is 39.1 Å². The Kier molecular flexibility index (Phi) is 4.19. The van der Waals surface area contributed by atoms with Crippen LogP contribution in [0.5, 0.6) is 0 Å². The van der Waals surface area contributed by atoms with E-state index in [1.165, 1.54) is 9.82 Å². The lowest BCUT2D eigenvalue weighted by Crippen LogP contribution is -2.47.